The molecule has 2 aliphatic heterocycles. The van der Waals surface area contributed by atoms with E-state index in [-0.39, 0.29) is 58.4 Å². The van der Waals surface area contributed by atoms with Gasteiger partial charge in [-0.15, -0.1) is 0 Å². The van der Waals surface area contributed by atoms with E-state index in [0.29, 0.717) is 37.9 Å². The van der Waals surface area contributed by atoms with Gasteiger partial charge < -0.3 is 34.3 Å². The molecule has 1 aromatic carbocycles. The number of fused-ring (bicyclic) bond motifs is 2. The van der Waals surface area contributed by atoms with Crippen LogP contribution in [0.25, 0.3) is 11.2 Å². The summed E-state index contributed by atoms with van der Waals surface area (Å²) in [5.41, 5.74) is 0.228. The van der Waals surface area contributed by atoms with Crippen LogP contribution in [0.2, 0.25) is 5.02 Å². The van der Waals surface area contributed by atoms with Crippen molar-refractivity contribution in [3.05, 3.63) is 46.0 Å². The molecule has 0 spiro atoms. The molecule has 13 heteroatoms. The van der Waals surface area contributed by atoms with Crippen molar-refractivity contribution in [2.45, 2.75) is 56.7 Å². The third-order valence-corrected chi connectivity index (χ3v) is 7.93. The fraction of sp³-hybridized carbons (Fsp3) is 0.500. The minimum atomic E-state index is -0.933. The number of carbonyl (C=O) groups is 1. The Bertz CT molecular complexity index is 1380. The van der Waals surface area contributed by atoms with E-state index < -0.39 is 36.4 Å². The van der Waals surface area contributed by atoms with Crippen molar-refractivity contribution in [3.8, 4) is 11.9 Å². The second-order valence-electron chi connectivity index (χ2n) is 10.2. The van der Waals surface area contributed by atoms with E-state index in [0.717, 1.165) is 18.6 Å². The molecule has 1 aliphatic carbocycles. The first-order chi connectivity index (χ1) is 18.8. The smallest absolute Gasteiger partial charge is 0.296 e. The monoisotopic (exact) mass is 564 g/mol. The first-order valence-corrected chi connectivity index (χ1v) is 13.2. The first kappa shape index (κ1) is 26.2. The van der Waals surface area contributed by atoms with E-state index in [4.69, 9.17) is 25.8 Å². The topological polar surface area (TPSA) is 130 Å². The Labute approximate surface area is 226 Å². The number of benzene rings is 1. The highest BCUT2D eigenvalue weighted by molar-refractivity contribution is 6.32. The van der Waals surface area contributed by atoms with Crippen molar-refractivity contribution >= 4 is 28.7 Å². The summed E-state index contributed by atoms with van der Waals surface area (Å²) in [6.07, 6.45) is 0.922. The third kappa shape index (κ3) is 5.13. The quantitative estimate of drug-likeness (QED) is 0.417. The zero-order valence-electron chi connectivity index (χ0n) is 20.8. The van der Waals surface area contributed by atoms with Crippen LogP contribution in [0.3, 0.4) is 0 Å². The van der Waals surface area contributed by atoms with Gasteiger partial charge in [0.05, 0.1) is 36.0 Å². The number of hydrogen-bond acceptors (Lipinski definition) is 8. The minimum Gasteiger partial charge on any atom is -0.471 e. The maximum Gasteiger partial charge on any atom is 0.296 e. The first-order valence-electron chi connectivity index (χ1n) is 12.9. The van der Waals surface area contributed by atoms with Gasteiger partial charge in [0.2, 0.25) is 5.88 Å². The minimum absolute atomic E-state index is 0.0405. The molecule has 1 saturated carbocycles. The number of aromatic amines is 1. The number of halogens is 3. The van der Waals surface area contributed by atoms with Crippen LogP contribution >= 0.6 is 11.6 Å². The predicted octanol–water partition coefficient (Wildman–Crippen LogP) is 2.98. The summed E-state index contributed by atoms with van der Waals surface area (Å²) in [5, 5.41) is 19.7. The molecule has 39 heavy (non-hydrogen) atoms. The Hall–Kier alpha value is -3.06. The molecule has 1 amide bonds. The fourth-order valence-corrected chi connectivity index (χ4v) is 5.70. The number of piperidine rings is 1. The van der Waals surface area contributed by atoms with Crippen LogP contribution in [-0.4, -0.2) is 80.1 Å². The average Bonchev–Trinajstić information content (AvgIpc) is 3.60. The Morgan fingerprint density at radius 3 is 2.62 bits per heavy atom. The van der Waals surface area contributed by atoms with Gasteiger partial charge in [-0.1, -0.05) is 11.6 Å². The lowest BCUT2D eigenvalue weighted by Crippen LogP contribution is -2.40. The summed E-state index contributed by atoms with van der Waals surface area (Å²) in [5.74, 6) is -2.40. The molecular formula is C26H27ClF2N4O6. The van der Waals surface area contributed by atoms with E-state index in [1.54, 1.807) is 0 Å². The summed E-state index contributed by atoms with van der Waals surface area (Å²) in [6, 6.07) is 3.69. The normalized spacial score (nSPS) is 25.3. The van der Waals surface area contributed by atoms with Gasteiger partial charge >= 0.3 is 0 Å². The highest BCUT2D eigenvalue weighted by Crippen LogP contribution is 2.38. The highest BCUT2D eigenvalue weighted by Gasteiger charge is 2.47. The number of pyridine rings is 1. The van der Waals surface area contributed by atoms with Crippen molar-refractivity contribution in [3.63, 3.8) is 0 Å². The number of ether oxygens (including phenoxy) is 3. The number of aromatic nitrogens is 3. The van der Waals surface area contributed by atoms with Gasteiger partial charge in [0.25, 0.3) is 11.9 Å². The number of amides is 1. The van der Waals surface area contributed by atoms with Gasteiger partial charge in [-0.25, -0.2) is 8.78 Å². The Kier molecular flexibility index (Phi) is 7.04. The number of aliphatic hydroxyl groups is 2. The van der Waals surface area contributed by atoms with Crippen molar-refractivity contribution in [2.24, 2.45) is 5.92 Å². The van der Waals surface area contributed by atoms with Gasteiger partial charge in [0.1, 0.15) is 29.4 Å². The van der Waals surface area contributed by atoms with Gasteiger partial charge in [-0.2, -0.15) is 9.97 Å². The van der Waals surface area contributed by atoms with E-state index >= 15 is 0 Å². The lowest BCUT2D eigenvalue weighted by molar-refractivity contribution is 0.0135. The maximum atomic E-state index is 14.8. The standard InChI is InChI=1S/C26H27ClF2N4O6/c27-16-9-19-23(32-26(30-19)39-21-2-1-14-20(35)11-37-22(14)21)31-24(16)38-10-15-17(28)7-12(8-18(15)29)25(36)33-5-3-13(34)4-6-33/h7-9,13-14,20-22,34-35H,1-6,10-11H2,(H,30,31,32)/t14?,20-,21-,22+/m1/s1. The predicted molar refractivity (Wildman–Crippen MR) is 134 cm³/mol. The number of likely N-dealkylation sites (tertiary alicyclic amines) is 1. The zero-order chi connectivity index (χ0) is 27.3. The zero-order valence-corrected chi connectivity index (χ0v) is 21.5. The molecule has 2 aromatic heterocycles. The molecule has 208 valence electrons. The van der Waals surface area contributed by atoms with Crippen LogP contribution in [0.1, 0.15) is 41.6 Å². The molecule has 10 nitrogen and oxygen atoms in total. The number of rotatable bonds is 6. The maximum absolute atomic E-state index is 14.8. The second kappa shape index (κ2) is 10.5. The van der Waals surface area contributed by atoms with Crippen LogP contribution in [0, 0.1) is 17.6 Å². The van der Waals surface area contributed by atoms with Crippen molar-refractivity contribution in [2.75, 3.05) is 19.7 Å². The van der Waals surface area contributed by atoms with E-state index in [1.807, 2.05) is 0 Å². The summed E-state index contributed by atoms with van der Waals surface area (Å²) < 4.78 is 46.8. The van der Waals surface area contributed by atoms with Crippen LogP contribution in [0.5, 0.6) is 11.9 Å². The number of aliphatic hydroxyl groups excluding tert-OH is 2. The Balaban J connectivity index is 1.14. The molecule has 1 unspecified atom stereocenters. The van der Waals surface area contributed by atoms with Crippen LogP contribution in [0.4, 0.5) is 8.78 Å². The van der Waals surface area contributed by atoms with Crippen LogP contribution in [-0.2, 0) is 11.3 Å². The molecule has 0 radical (unpaired) electrons. The van der Waals surface area contributed by atoms with Crippen molar-refractivity contribution in [1.29, 1.82) is 0 Å². The molecule has 4 heterocycles. The molecular weight excluding hydrogens is 538 g/mol. The van der Waals surface area contributed by atoms with E-state index in [2.05, 4.69) is 15.0 Å². The van der Waals surface area contributed by atoms with Crippen LogP contribution in [0.15, 0.2) is 18.2 Å². The number of hydrogen-bond donors (Lipinski definition) is 3. The second-order valence-corrected chi connectivity index (χ2v) is 10.6. The average molecular weight is 565 g/mol. The SMILES string of the molecule is O=C(c1cc(F)c(COc2nc3nc(O[C@@H]4CCC5[C@H](O)CO[C@@H]54)[nH]c3cc2Cl)c(F)c1)N1CCC(O)CC1. The summed E-state index contributed by atoms with van der Waals surface area (Å²) in [4.78, 5) is 25.7. The van der Waals surface area contributed by atoms with E-state index in [1.165, 1.54) is 11.0 Å². The summed E-state index contributed by atoms with van der Waals surface area (Å²) in [6.45, 7) is 0.411. The Morgan fingerprint density at radius 2 is 1.87 bits per heavy atom. The van der Waals surface area contributed by atoms with Crippen LogP contribution < -0.4 is 9.47 Å². The van der Waals surface area contributed by atoms with Gasteiger partial charge in [0, 0.05) is 24.6 Å². The molecule has 3 aliphatic rings. The molecule has 0 bridgehead atoms. The van der Waals surface area contributed by atoms with Crippen molar-refractivity contribution in [1.82, 2.24) is 19.9 Å². The molecule has 3 aromatic rings. The summed E-state index contributed by atoms with van der Waals surface area (Å²) >= 11 is 6.30. The fourth-order valence-electron chi connectivity index (χ4n) is 5.50. The van der Waals surface area contributed by atoms with Gasteiger partial charge in [-0.3, -0.25) is 4.79 Å². The molecule has 3 N–H and O–H groups in total. The number of carbonyl (C=O) groups excluding carboxylic acids is 1. The molecule has 3 fully saturated rings. The highest BCUT2D eigenvalue weighted by atomic mass is 35.5. The lowest BCUT2D eigenvalue weighted by Gasteiger charge is -2.29. The summed E-state index contributed by atoms with van der Waals surface area (Å²) in [7, 11) is 0. The third-order valence-electron chi connectivity index (χ3n) is 7.66. The number of nitrogens with one attached hydrogen (secondary N) is 1. The lowest BCUT2D eigenvalue weighted by atomic mass is 10.0. The Morgan fingerprint density at radius 1 is 1.13 bits per heavy atom. The van der Waals surface area contributed by atoms with Gasteiger partial charge in [0.15, 0.2) is 5.65 Å². The van der Waals surface area contributed by atoms with Gasteiger partial charge in [-0.05, 0) is 43.9 Å². The molecule has 4 atom stereocenters. The largest absolute Gasteiger partial charge is 0.471 e. The van der Waals surface area contributed by atoms with E-state index in [9.17, 15) is 23.8 Å². The molecule has 2 saturated heterocycles. The number of imidazole rings is 1. The number of nitrogens with zero attached hydrogens (tertiary/aromatic N) is 3. The van der Waals surface area contributed by atoms with Crippen molar-refractivity contribution < 1.29 is 38.0 Å². The molecule has 6 rings (SSSR count). The number of H-pyrrole nitrogens is 1.